The van der Waals surface area contributed by atoms with Crippen molar-refractivity contribution in [2.45, 2.75) is 0 Å². The van der Waals surface area contributed by atoms with Gasteiger partial charge in [0, 0.05) is 11.8 Å². The molecule has 0 unspecified atom stereocenters. The van der Waals surface area contributed by atoms with E-state index in [0.717, 1.165) is 0 Å². The van der Waals surface area contributed by atoms with E-state index in [4.69, 9.17) is 16.3 Å². The molecule has 0 aromatic heterocycles. The van der Waals surface area contributed by atoms with Gasteiger partial charge in [0.15, 0.2) is 11.5 Å². The van der Waals surface area contributed by atoms with Crippen molar-refractivity contribution in [3.63, 3.8) is 0 Å². The van der Waals surface area contributed by atoms with E-state index in [1.54, 1.807) is 36.5 Å². The highest BCUT2D eigenvalue weighted by Crippen LogP contribution is 2.29. The molecule has 0 radical (unpaired) electrons. The molecule has 0 aliphatic rings. The molecule has 0 aliphatic heterocycles. The third kappa shape index (κ3) is 2.63. The summed E-state index contributed by atoms with van der Waals surface area (Å²) < 4.78 is 5.02. The van der Waals surface area contributed by atoms with Crippen LogP contribution in [0.3, 0.4) is 0 Å². The first kappa shape index (κ1) is 12.5. The first-order valence-corrected chi connectivity index (χ1v) is 5.74. The maximum atomic E-state index is 9.89. The normalized spacial score (nSPS) is 10.8. The summed E-state index contributed by atoms with van der Waals surface area (Å²) in [6.07, 6.45) is 1.55. The molecule has 0 aliphatic carbocycles. The van der Waals surface area contributed by atoms with Crippen molar-refractivity contribution in [1.29, 1.82) is 0 Å². The molecule has 0 atom stereocenters. The Morgan fingerprint density at radius 3 is 2.67 bits per heavy atom. The topological polar surface area (TPSA) is 41.8 Å². The molecular weight excluding hydrogens is 250 g/mol. The molecule has 0 saturated carbocycles. The number of methoxy groups -OCH3 is 1. The van der Waals surface area contributed by atoms with Crippen LogP contribution in [0.15, 0.2) is 47.5 Å². The van der Waals surface area contributed by atoms with Gasteiger partial charge in [0.2, 0.25) is 0 Å². The zero-order valence-corrected chi connectivity index (χ0v) is 10.6. The Morgan fingerprint density at radius 2 is 1.94 bits per heavy atom. The third-order valence-electron chi connectivity index (χ3n) is 2.45. The second kappa shape index (κ2) is 5.56. The van der Waals surface area contributed by atoms with E-state index in [1.165, 1.54) is 7.11 Å². The summed E-state index contributed by atoms with van der Waals surface area (Å²) in [6.45, 7) is 0. The number of aliphatic imine (C=N–C) groups is 1. The molecule has 1 N–H and O–H groups in total. The first-order chi connectivity index (χ1) is 8.72. The lowest BCUT2D eigenvalue weighted by atomic mass is 10.2. The zero-order chi connectivity index (χ0) is 13.0. The van der Waals surface area contributed by atoms with Crippen LogP contribution in [0, 0.1) is 0 Å². The van der Waals surface area contributed by atoms with Gasteiger partial charge in [-0.15, -0.1) is 0 Å². The van der Waals surface area contributed by atoms with E-state index in [1.807, 2.05) is 12.1 Å². The van der Waals surface area contributed by atoms with Gasteiger partial charge in [0.1, 0.15) is 0 Å². The highest BCUT2D eigenvalue weighted by Gasteiger charge is 2.04. The molecule has 0 saturated heterocycles. The molecule has 92 valence electrons. The van der Waals surface area contributed by atoms with Crippen molar-refractivity contribution in [1.82, 2.24) is 0 Å². The van der Waals surface area contributed by atoms with Crippen molar-refractivity contribution in [2.75, 3.05) is 7.11 Å². The Hall–Kier alpha value is -2.00. The van der Waals surface area contributed by atoms with Gasteiger partial charge in [0.05, 0.1) is 17.8 Å². The predicted molar refractivity (Wildman–Crippen MR) is 73.4 cm³/mol. The number of nitrogens with zero attached hydrogens (tertiary/aromatic N) is 1. The average molecular weight is 262 g/mol. The van der Waals surface area contributed by atoms with E-state index in [-0.39, 0.29) is 5.75 Å². The van der Waals surface area contributed by atoms with Crippen LogP contribution >= 0.6 is 11.6 Å². The number of ether oxygens (including phenoxy) is 1. The minimum Gasteiger partial charge on any atom is -0.504 e. The highest BCUT2D eigenvalue weighted by atomic mass is 35.5. The first-order valence-electron chi connectivity index (χ1n) is 5.37. The van der Waals surface area contributed by atoms with Gasteiger partial charge in [-0.1, -0.05) is 29.8 Å². The van der Waals surface area contributed by atoms with Crippen molar-refractivity contribution >= 4 is 23.5 Å². The number of para-hydroxylation sites is 2. The van der Waals surface area contributed by atoms with Gasteiger partial charge < -0.3 is 9.84 Å². The van der Waals surface area contributed by atoms with Gasteiger partial charge in [-0.05, 0) is 24.3 Å². The fourth-order valence-corrected chi connectivity index (χ4v) is 1.69. The standard InChI is InChI=1S/C14H12ClNO2/c1-18-13-8-4-5-10(14(13)17)9-16-12-7-3-2-6-11(12)15/h2-9,17H,1H3. The molecule has 0 fully saturated rings. The van der Waals surface area contributed by atoms with Gasteiger partial charge in [0.25, 0.3) is 0 Å². The van der Waals surface area contributed by atoms with Gasteiger partial charge in [-0.2, -0.15) is 0 Å². The lowest BCUT2D eigenvalue weighted by molar-refractivity contribution is 0.373. The average Bonchev–Trinajstić information content (AvgIpc) is 2.39. The van der Waals surface area contributed by atoms with Gasteiger partial charge >= 0.3 is 0 Å². The van der Waals surface area contributed by atoms with Crippen LogP contribution in [0.2, 0.25) is 5.02 Å². The fourth-order valence-electron chi connectivity index (χ4n) is 1.50. The molecule has 2 rings (SSSR count). The molecule has 3 nitrogen and oxygen atoms in total. The van der Waals surface area contributed by atoms with E-state index in [9.17, 15) is 5.11 Å². The van der Waals surface area contributed by atoms with Crippen molar-refractivity contribution in [3.05, 3.63) is 53.1 Å². The van der Waals surface area contributed by atoms with Crippen LogP contribution in [0.1, 0.15) is 5.56 Å². The Bertz CT molecular complexity index is 582. The maximum Gasteiger partial charge on any atom is 0.166 e. The minimum absolute atomic E-state index is 0.0656. The van der Waals surface area contributed by atoms with Crippen LogP contribution in [0.25, 0.3) is 0 Å². The number of aromatic hydroxyl groups is 1. The molecular formula is C14H12ClNO2. The van der Waals surface area contributed by atoms with Crippen molar-refractivity contribution in [2.24, 2.45) is 4.99 Å². The number of hydrogen-bond acceptors (Lipinski definition) is 3. The Morgan fingerprint density at radius 1 is 1.17 bits per heavy atom. The van der Waals surface area contributed by atoms with Crippen LogP contribution in [0.4, 0.5) is 5.69 Å². The van der Waals surface area contributed by atoms with Gasteiger partial charge in [-0.25, -0.2) is 0 Å². The second-order valence-electron chi connectivity index (χ2n) is 3.61. The summed E-state index contributed by atoms with van der Waals surface area (Å²) in [5.41, 5.74) is 1.23. The smallest absolute Gasteiger partial charge is 0.166 e. The molecule has 18 heavy (non-hydrogen) atoms. The van der Waals surface area contributed by atoms with Crippen LogP contribution in [-0.4, -0.2) is 18.4 Å². The van der Waals surface area contributed by atoms with E-state index in [2.05, 4.69) is 4.99 Å². The number of benzene rings is 2. The monoisotopic (exact) mass is 261 g/mol. The molecule has 4 heteroatoms. The summed E-state index contributed by atoms with van der Waals surface area (Å²) in [5.74, 6) is 0.480. The Labute approximate surface area is 110 Å². The van der Waals surface area contributed by atoms with Crippen molar-refractivity contribution < 1.29 is 9.84 Å². The van der Waals surface area contributed by atoms with E-state index in [0.29, 0.717) is 22.0 Å². The molecule has 0 amide bonds. The lowest BCUT2D eigenvalue weighted by Gasteiger charge is -2.05. The fraction of sp³-hybridized carbons (Fsp3) is 0.0714. The summed E-state index contributed by atoms with van der Waals surface area (Å²) in [4.78, 5) is 4.24. The number of hydrogen-bond donors (Lipinski definition) is 1. The van der Waals surface area contributed by atoms with Crippen molar-refractivity contribution in [3.8, 4) is 11.5 Å². The molecule has 0 spiro atoms. The Kier molecular flexibility index (Phi) is 3.85. The third-order valence-corrected chi connectivity index (χ3v) is 2.76. The number of halogens is 1. The molecule has 0 bridgehead atoms. The summed E-state index contributed by atoms with van der Waals surface area (Å²) >= 11 is 5.99. The van der Waals surface area contributed by atoms with E-state index >= 15 is 0 Å². The summed E-state index contributed by atoms with van der Waals surface area (Å²) in [7, 11) is 1.50. The van der Waals surface area contributed by atoms with E-state index < -0.39 is 0 Å². The predicted octanol–water partition coefficient (Wildman–Crippen LogP) is 3.80. The van der Waals surface area contributed by atoms with Gasteiger partial charge in [-0.3, -0.25) is 4.99 Å². The maximum absolute atomic E-state index is 9.89. The van der Waals surface area contributed by atoms with Crippen LogP contribution in [-0.2, 0) is 0 Å². The SMILES string of the molecule is COc1cccc(C=Nc2ccccc2Cl)c1O. The second-order valence-corrected chi connectivity index (χ2v) is 4.01. The van der Waals surface area contributed by atoms with Crippen LogP contribution < -0.4 is 4.74 Å². The number of rotatable bonds is 3. The summed E-state index contributed by atoms with van der Waals surface area (Å²) in [6, 6.07) is 12.5. The largest absolute Gasteiger partial charge is 0.504 e. The molecule has 2 aromatic rings. The lowest BCUT2D eigenvalue weighted by Crippen LogP contribution is -1.88. The summed E-state index contributed by atoms with van der Waals surface area (Å²) in [5, 5.41) is 10.5. The molecule has 0 heterocycles. The Balaban J connectivity index is 2.32. The highest BCUT2D eigenvalue weighted by molar-refractivity contribution is 6.33. The quantitative estimate of drug-likeness (QED) is 0.854. The molecule has 2 aromatic carbocycles. The van der Waals surface area contributed by atoms with Crippen LogP contribution in [0.5, 0.6) is 11.5 Å². The number of phenols is 1. The number of phenolic OH excluding ortho intramolecular Hbond substituents is 1. The zero-order valence-electron chi connectivity index (χ0n) is 9.80. The minimum atomic E-state index is 0.0656.